The van der Waals surface area contributed by atoms with Crippen molar-refractivity contribution in [1.82, 2.24) is 15.2 Å². The van der Waals surface area contributed by atoms with Crippen LogP contribution in [-0.4, -0.2) is 75.6 Å². The van der Waals surface area contributed by atoms with Gasteiger partial charge in [-0.1, -0.05) is 10.3 Å². The fraction of sp³-hybridized carbons (Fsp3) is 0.583. The second-order valence-electron chi connectivity index (χ2n) is 4.90. The summed E-state index contributed by atoms with van der Waals surface area (Å²) < 4.78 is 0. The standard InChI is InChI=1S/C12H21N7O4/c1-8(14-15-12(13)21)10(16-22)18-4-3-5-19(7-6-18)11(17-23)9(2)20/h22-23H,3-7H2,1-2H3,(H3,13,15,21)/b14-8+,16-10+,17-11?. The van der Waals surface area contributed by atoms with E-state index < -0.39 is 6.03 Å². The second-order valence-corrected chi connectivity index (χ2v) is 4.90. The number of carbonyl (C=O) groups excluding carboxylic acids is 2. The largest absolute Gasteiger partial charge is 0.409 e. The van der Waals surface area contributed by atoms with E-state index in [0.29, 0.717) is 32.6 Å². The Balaban J connectivity index is 2.81. The van der Waals surface area contributed by atoms with Gasteiger partial charge in [0.05, 0.1) is 0 Å². The van der Waals surface area contributed by atoms with Gasteiger partial charge in [0.1, 0.15) is 5.71 Å². The molecule has 0 spiro atoms. The number of nitrogens with zero attached hydrogens (tertiary/aromatic N) is 5. The van der Waals surface area contributed by atoms with Gasteiger partial charge in [-0.05, 0) is 13.3 Å². The highest BCUT2D eigenvalue weighted by Gasteiger charge is 2.24. The van der Waals surface area contributed by atoms with Crippen LogP contribution in [0.1, 0.15) is 20.3 Å². The summed E-state index contributed by atoms with van der Waals surface area (Å²) in [6.07, 6.45) is 0.641. The van der Waals surface area contributed by atoms with Gasteiger partial charge in [0.15, 0.2) is 11.6 Å². The van der Waals surface area contributed by atoms with Crippen molar-refractivity contribution in [3.63, 3.8) is 0 Å². The van der Waals surface area contributed by atoms with Gasteiger partial charge < -0.3 is 25.9 Å². The number of primary amides is 1. The molecule has 0 atom stereocenters. The summed E-state index contributed by atoms with van der Waals surface area (Å²) in [6, 6.07) is -0.825. The number of rotatable bonds is 3. The zero-order valence-electron chi connectivity index (χ0n) is 13.1. The van der Waals surface area contributed by atoms with Gasteiger partial charge in [-0.3, -0.25) is 4.79 Å². The summed E-state index contributed by atoms with van der Waals surface area (Å²) in [5.41, 5.74) is 7.28. The number of oxime groups is 2. The molecule has 0 aliphatic carbocycles. The molecule has 1 heterocycles. The lowest BCUT2D eigenvalue weighted by molar-refractivity contribution is -0.111. The van der Waals surface area contributed by atoms with Crippen LogP contribution >= 0.6 is 0 Å². The second kappa shape index (κ2) is 8.56. The fourth-order valence-corrected chi connectivity index (χ4v) is 2.25. The molecule has 0 unspecified atom stereocenters. The minimum atomic E-state index is -0.825. The average molecular weight is 327 g/mol. The molecule has 128 valence electrons. The van der Waals surface area contributed by atoms with E-state index in [1.54, 1.807) is 16.7 Å². The Hall–Kier alpha value is -2.85. The van der Waals surface area contributed by atoms with Crippen LogP contribution in [0.2, 0.25) is 0 Å². The van der Waals surface area contributed by atoms with E-state index in [2.05, 4.69) is 20.8 Å². The highest BCUT2D eigenvalue weighted by molar-refractivity contribution is 6.40. The van der Waals surface area contributed by atoms with Crippen LogP contribution in [0.3, 0.4) is 0 Å². The van der Waals surface area contributed by atoms with Crippen LogP contribution in [0.4, 0.5) is 4.79 Å². The first-order valence-electron chi connectivity index (χ1n) is 6.95. The summed E-state index contributed by atoms with van der Waals surface area (Å²) in [7, 11) is 0. The van der Waals surface area contributed by atoms with E-state index >= 15 is 0 Å². The molecule has 11 nitrogen and oxygen atoms in total. The predicted molar refractivity (Wildman–Crippen MR) is 82.7 cm³/mol. The Kier molecular flexibility index (Phi) is 6.77. The van der Waals surface area contributed by atoms with Crippen LogP contribution in [0.15, 0.2) is 15.4 Å². The lowest BCUT2D eigenvalue weighted by Gasteiger charge is -2.24. The zero-order chi connectivity index (χ0) is 17.4. The van der Waals surface area contributed by atoms with Crippen molar-refractivity contribution in [1.29, 1.82) is 0 Å². The summed E-state index contributed by atoms with van der Waals surface area (Å²) in [5, 5.41) is 28.1. The number of hydrazone groups is 1. The van der Waals surface area contributed by atoms with E-state index in [1.165, 1.54) is 6.92 Å². The molecule has 2 amide bonds. The van der Waals surface area contributed by atoms with Crippen molar-refractivity contribution < 1.29 is 20.0 Å². The molecule has 23 heavy (non-hydrogen) atoms. The first-order valence-corrected chi connectivity index (χ1v) is 6.95. The van der Waals surface area contributed by atoms with Crippen molar-refractivity contribution in [3.8, 4) is 0 Å². The Labute approximate surface area is 133 Å². The fourth-order valence-electron chi connectivity index (χ4n) is 2.25. The molecule has 0 saturated carbocycles. The number of ketones is 1. The van der Waals surface area contributed by atoms with Crippen molar-refractivity contribution in [2.75, 3.05) is 26.2 Å². The average Bonchev–Trinajstić information content (AvgIpc) is 2.73. The lowest BCUT2D eigenvalue weighted by Crippen LogP contribution is -2.41. The molecule has 1 fully saturated rings. The predicted octanol–water partition coefficient (Wildman–Crippen LogP) is -0.797. The van der Waals surface area contributed by atoms with E-state index in [1.807, 2.05) is 0 Å². The third-order valence-electron chi connectivity index (χ3n) is 3.26. The molecule has 1 rings (SSSR count). The van der Waals surface area contributed by atoms with Gasteiger partial charge in [-0.25, -0.2) is 10.2 Å². The summed E-state index contributed by atoms with van der Waals surface area (Å²) >= 11 is 0. The monoisotopic (exact) mass is 327 g/mol. The summed E-state index contributed by atoms with van der Waals surface area (Å²) in [5.74, 6) is -0.151. The zero-order valence-corrected chi connectivity index (χ0v) is 13.1. The van der Waals surface area contributed by atoms with E-state index in [-0.39, 0.29) is 23.2 Å². The number of nitrogens with two attached hydrogens (primary N) is 1. The molecule has 0 aromatic heterocycles. The molecule has 1 saturated heterocycles. The molecular formula is C12H21N7O4. The quantitative estimate of drug-likeness (QED) is 0.230. The van der Waals surface area contributed by atoms with Gasteiger partial charge in [-0.15, -0.1) is 0 Å². The van der Waals surface area contributed by atoms with E-state index in [4.69, 9.17) is 10.9 Å². The Morgan fingerprint density at radius 3 is 1.96 bits per heavy atom. The normalized spacial score (nSPS) is 17.7. The molecule has 5 N–H and O–H groups in total. The SMILES string of the molecule is CC(=O)C(=NO)N1CCCN(C(=N/O)/C(C)=N/NC(N)=O)CC1. The Bertz CT molecular complexity index is 544. The lowest BCUT2D eigenvalue weighted by atomic mass is 10.3. The van der Waals surface area contributed by atoms with E-state index in [9.17, 15) is 14.8 Å². The Morgan fingerprint density at radius 2 is 1.52 bits per heavy atom. The topological polar surface area (TPSA) is 156 Å². The number of carbonyl (C=O) groups is 2. The van der Waals surface area contributed by atoms with E-state index in [0.717, 1.165) is 0 Å². The maximum Gasteiger partial charge on any atom is 0.332 e. The minimum absolute atomic E-state index is 0.00452. The Morgan fingerprint density at radius 1 is 1.00 bits per heavy atom. The third kappa shape index (κ3) is 5.13. The first-order chi connectivity index (χ1) is 10.9. The van der Waals surface area contributed by atoms with Crippen LogP contribution in [0.25, 0.3) is 0 Å². The summed E-state index contributed by atoms with van der Waals surface area (Å²) in [6.45, 7) is 4.75. The number of hydrogen-bond acceptors (Lipinski definition) is 7. The molecule has 0 radical (unpaired) electrons. The van der Waals surface area contributed by atoms with Gasteiger partial charge >= 0.3 is 6.03 Å². The van der Waals surface area contributed by atoms with Gasteiger partial charge in [0.25, 0.3) is 0 Å². The number of urea groups is 1. The smallest absolute Gasteiger partial charge is 0.332 e. The first kappa shape index (κ1) is 18.2. The number of nitrogens with one attached hydrogen (secondary N) is 1. The van der Waals surface area contributed by atoms with Crippen LogP contribution in [-0.2, 0) is 4.79 Å². The summed E-state index contributed by atoms with van der Waals surface area (Å²) in [4.78, 5) is 25.5. The highest BCUT2D eigenvalue weighted by Crippen LogP contribution is 2.07. The van der Waals surface area contributed by atoms with Crippen molar-refractivity contribution in [2.45, 2.75) is 20.3 Å². The molecule has 0 aromatic carbocycles. The van der Waals surface area contributed by atoms with Gasteiger partial charge in [0.2, 0.25) is 5.84 Å². The molecule has 1 aliphatic rings. The highest BCUT2D eigenvalue weighted by atomic mass is 16.4. The van der Waals surface area contributed by atoms with Gasteiger partial charge in [0, 0.05) is 33.1 Å². The van der Waals surface area contributed by atoms with Crippen LogP contribution in [0, 0.1) is 0 Å². The number of hydrogen-bond donors (Lipinski definition) is 4. The minimum Gasteiger partial charge on any atom is -0.409 e. The maximum absolute atomic E-state index is 11.4. The number of amidine groups is 2. The number of Topliss-reactive ketones (excluding diaryl/α,β-unsaturated/α-hetero) is 1. The molecule has 0 aromatic rings. The molecule has 1 aliphatic heterocycles. The van der Waals surface area contributed by atoms with Gasteiger partial charge in [-0.2, -0.15) is 5.10 Å². The molecule has 11 heteroatoms. The molecule has 0 bridgehead atoms. The molecular weight excluding hydrogens is 306 g/mol. The van der Waals surface area contributed by atoms with Crippen molar-refractivity contribution in [3.05, 3.63) is 0 Å². The third-order valence-corrected chi connectivity index (χ3v) is 3.26. The van der Waals surface area contributed by atoms with Crippen LogP contribution < -0.4 is 11.2 Å². The maximum atomic E-state index is 11.4. The van der Waals surface area contributed by atoms with Crippen molar-refractivity contribution >= 4 is 29.2 Å². The number of amides is 2. The van der Waals surface area contributed by atoms with Crippen LogP contribution in [0.5, 0.6) is 0 Å². The van der Waals surface area contributed by atoms with Crippen molar-refractivity contribution in [2.24, 2.45) is 21.1 Å².